The van der Waals surface area contributed by atoms with Crippen molar-refractivity contribution in [2.24, 2.45) is 0 Å². The highest BCUT2D eigenvalue weighted by molar-refractivity contribution is 5.83. The number of pyridine rings is 1. The van der Waals surface area contributed by atoms with E-state index in [-0.39, 0.29) is 11.9 Å². The van der Waals surface area contributed by atoms with Crippen LogP contribution in [-0.4, -0.2) is 67.1 Å². The van der Waals surface area contributed by atoms with Gasteiger partial charge in [-0.05, 0) is 36.4 Å². The number of aromatic nitrogens is 3. The van der Waals surface area contributed by atoms with Gasteiger partial charge in [-0.25, -0.2) is 14.4 Å². The van der Waals surface area contributed by atoms with E-state index in [1.165, 1.54) is 12.1 Å². The summed E-state index contributed by atoms with van der Waals surface area (Å²) < 4.78 is 40.2. The summed E-state index contributed by atoms with van der Waals surface area (Å²) in [5, 5.41) is 1.07. The number of piperazine rings is 1. The van der Waals surface area contributed by atoms with Crippen LogP contribution in [0.2, 0.25) is 0 Å². The molecule has 2 aliphatic rings. The number of para-hydroxylation sites is 1. The van der Waals surface area contributed by atoms with Gasteiger partial charge in [0.1, 0.15) is 24.3 Å². The molecule has 10 heteroatoms. The van der Waals surface area contributed by atoms with Crippen molar-refractivity contribution in [1.82, 2.24) is 14.5 Å². The lowest BCUT2D eigenvalue weighted by Crippen LogP contribution is -2.47. The van der Waals surface area contributed by atoms with E-state index in [4.69, 9.17) is 23.9 Å². The van der Waals surface area contributed by atoms with Crippen molar-refractivity contribution in [3.05, 3.63) is 109 Å². The fourth-order valence-corrected chi connectivity index (χ4v) is 5.90. The van der Waals surface area contributed by atoms with Crippen LogP contribution in [0.1, 0.15) is 5.56 Å². The molecule has 44 heavy (non-hydrogen) atoms. The molecular formula is C34H34FN5O4. The molecule has 2 fully saturated rings. The van der Waals surface area contributed by atoms with Gasteiger partial charge in [0.05, 0.1) is 32.1 Å². The second kappa shape index (κ2) is 12.1. The van der Waals surface area contributed by atoms with E-state index in [1.54, 1.807) is 31.8 Å². The van der Waals surface area contributed by atoms with Crippen LogP contribution in [0.25, 0.3) is 10.9 Å². The highest BCUT2D eigenvalue weighted by atomic mass is 19.1. The minimum atomic E-state index is -1.06. The van der Waals surface area contributed by atoms with Crippen LogP contribution in [0.15, 0.2) is 97.6 Å². The van der Waals surface area contributed by atoms with Crippen molar-refractivity contribution < 1.29 is 23.3 Å². The lowest BCUT2D eigenvalue weighted by molar-refractivity contribution is -0.189. The van der Waals surface area contributed by atoms with E-state index >= 15 is 0 Å². The molecule has 0 N–H and O–H groups in total. The molecule has 7 rings (SSSR count). The molecule has 9 nitrogen and oxygen atoms in total. The Hall–Kier alpha value is -4.67. The smallest absolute Gasteiger partial charge is 0.214 e. The van der Waals surface area contributed by atoms with Gasteiger partial charge >= 0.3 is 0 Å². The van der Waals surface area contributed by atoms with Crippen LogP contribution < -0.4 is 19.3 Å². The van der Waals surface area contributed by atoms with Crippen molar-refractivity contribution in [2.45, 2.75) is 18.4 Å². The summed E-state index contributed by atoms with van der Waals surface area (Å²) in [5.41, 5.74) is 2.81. The second-order valence-corrected chi connectivity index (χ2v) is 11.0. The number of hydrogen-bond acceptors (Lipinski definition) is 8. The van der Waals surface area contributed by atoms with Crippen LogP contribution in [0, 0.1) is 5.82 Å². The first-order chi connectivity index (χ1) is 21.6. The molecule has 0 amide bonds. The van der Waals surface area contributed by atoms with E-state index in [0.717, 1.165) is 65.6 Å². The molecule has 0 unspecified atom stereocenters. The molecule has 2 aliphatic heterocycles. The molecule has 2 atom stereocenters. The Morgan fingerprint density at radius 1 is 0.955 bits per heavy atom. The monoisotopic (exact) mass is 595 g/mol. The summed E-state index contributed by atoms with van der Waals surface area (Å²) in [5.74, 6) is 1.06. The molecule has 0 saturated carbocycles. The van der Waals surface area contributed by atoms with E-state index < -0.39 is 5.79 Å². The molecule has 5 aromatic rings. The zero-order valence-electron chi connectivity index (χ0n) is 24.5. The van der Waals surface area contributed by atoms with Crippen molar-refractivity contribution in [3.8, 4) is 11.5 Å². The van der Waals surface area contributed by atoms with E-state index in [2.05, 4.69) is 39.0 Å². The molecule has 0 radical (unpaired) electrons. The number of hydrogen-bond donors (Lipinski definition) is 0. The molecule has 0 aliphatic carbocycles. The van der Waals surface area contributed by atoms with Gasteiger partial charge < -0.3 is 33.3 Å². The molecule has 0 bridgehead atoms. The maximum absolute atomic E-state index is 13.7. The van der Waals surface area contributed by atoms with Gasteiger partial charge in [-0.15, -0.1) is 0 Å². The zero-order valence-corrected chi connectivity index (χ0v) is 24.5. The second-order valence-electron chi connectivity index (χ2n) is 11.0. The van der Waals surface area contributed by atoms with Crippen LogP contribution >= 0.6 is 0 Å². The number of methoxy groups -OCH3 is 1. The zero-order chi connectivity index (χ0) is 29.9. The summed E-state index contributed by atoms with van der Waals surface area (Å²) in [6.07, 6.45) is 4.96. The Morgan fingerprint density at radius 2 is 1.77 bits per heavy atom. The number of rotatable bonds is 9. The summed E-state index contributed by atoms with van der Waals surface area (Å²) in [6.45, 7) is 4.38. The van der Waals surface area contributed by atoms with Gasteiger partial charge in [-0.1, -0.05) is 36.4 Å². The molecular weight excluding hydrogens is 561 g/mol. The first-order valence-corrected chi connectivity index (χ1v) is 14.8. The predicted molar refractivity (Wildman–Crippen MR) is 166 cm³/mol. The minimum Gasteiger partial charge on any atom is -0.493 e. The van der Waals surface area contributed by atoms with Crippen molar-refractivity contribution in [3.63, 3.8) is 0 Å². The van der Waals surface area contributed by atoms with E-state index in [0.29, 0.717) is 19.8 Å². The lowest BCUT2D eigenvalue weighted by atomic mass is 10.1. The Balaban J connectivity index is 0.989. The summed E-state index contributed by atoms with van der Waals surface area (Å²) in [4.78, 5) is 13.7. The minimum absolute atomic E-state index is 0.305. The molecule has 3 aromatic carbocycles. The van der Waals surface area contributed by atoms with Crippen LogP contribution in [0.5, 0.6) is 11.5 Å². The van der Waals surface area contributed by atoms with Gasteiger partial charge in [-0.3, -0.25) is 0 Å². The van der Waals surface area contributed by atoms with Crippen molar-refractivity contribution >= 4 is 22.4 Å². The number of halogens is 1. The van der Waals surface area contributed by atoms with Crippen LogP contribution in [-0.2, 0) is 21.8 Å². The van der Waals surface area contributed by atoms with Gasteiger partial charge in [0, 0.05) is 61.3 Å². The first-order valence-electron chi connectivity index (χ1n) is 14.8. The average molecular weight is 596 g/mol. The maximum atomic E-state index is 13.7. The molecule has 2 aromatic heterocycles. The van der Waals surface area contributed by atoms with E-state index in [1.807, 2.05) is 41.1 Å². The van der Waals surface area contributed by atoms with Crippen LogP contribution in [0.3, 0.4) is 0 Å². The predicted octanol–water partition coefficient (Wildman–Crippen LogP) is 5.25. The van der Waals surface area contributed by atoms with Gasteiger partial charge in [0.15, 0.2) is 11.6 Å². The SMILES string of the molecule is COc1cc2ccccc2nc1N1CCN(c2cccc(OC[C@@H]3CO[C@@](Cn4ccnc4)(c4ccc(F)cc4)O3)c2)CC1. The number of imidazole rings is 1. The largest absolute Gasteiger partial charge is 0.493 e. The first kappa shape index (κ1) is 28.1. The van der Waals surface area contributed by atoms with Gasteiger partial charge in [-0.2, -0.15) is 0 Å². The Morgan fingerprint density at radius 3 is 2.57 bits per heavy atom. The molecule has 4 heterocycles. The fourth-order valence-electron chi connectivity index (χ4n) is 5.90. The molecule has 0 spiro atoms. The topological polar surface area (TPSA) is 74.1 Å². The van der Waals surface area contributed by atoms with Crippen molar-refractivity contribution in [1.29, 1.82) is 0 Å². The third kappa shape index (κ3) is 5.78. The molecule has 2 saturated heterocycles. The Kier molecular flexibility index (Phi) is 7.76. The standard InChI is InChI=1S/C34H34FN5O4/c1-41-32-19-25-5-2-3-8-31(25)37-33(32)40-17-15-39(16-18-40)28-6-4-7-29(20-28)42-21-30-22-43-34(44-30,23-38-14-13-36-24-38)26-9-11-27(35)12-10-26/h2-14,19-20,24,30H,15-18,21-23H2,1H3/t30-,34-/m1/s1. The van der Waals surface area contributed by atoms with Crippen molar-refractivity contribution in [2.75, 3.05) is 56.3 Å². The normalized spacial score (nSPS) is 20.3. The summed E-state index contributed by atoms with van der Waals surface area (Å²) >= 11 is 0. The Bertz CT molecular complexity index is 1710. The quantitative estimate of drug-likeness (QED) is 0.229. The maximum Gasteiger partial charge on any atom is 0.214 e. The number of nitrogens with zero attached hydrogens (tertiary/aromatic N) is 5. The number of benzene rings is 3. The van der Waals surface area contributed by atoms with Crippen LogP contribution in [0.4, 0.5) is 15.9 Å². The highest BCUT2D eigenvalue weighted by Gasteiger charge is 2.44. The molecule has 226 valence electrons. The summed E-state index contributed by atoms with van der Waals surface area (Å²) in [7, 11) is 1.70. The summed E-state index contributed by atoms with van der Waals surface area (Å²) in [6, 6.07) is 24.5. The lowest BCUT2D eigenvalue weighted by Gasteiger charge is -2.37. The van der Waals surface area contributed by atoms with Gasteiger partial charge in [0.25, 0.3) is 0 Å². The third-order valence-electron chi connectivity index (χ3n) is 8.18. The number of ether oxygens (including phenoxy) is 4. The fraction of sp³-hybridized carbons (Fsp3) is 0.294. The Labute approximate surface area is 255 Å². The third-order valence-corrected chi connectivity index (χ3v) is 8.18. The number of fused-ring (bicyclic) bond motifs is 1. The van der Waals surface area contributed by atoms with Gasteiger partial charge in [0.2, 0.25) is 5.79 Å². The average Bonchev–Trinajstić information content (AvgIpc) is 3.74. The number of anilines is 2. The van der Waals surface area contributed by atoms with E-state index in [9.17, 15) is 4.39 Å². The highest BCUT2D eigenvalue weighted by Crippen LogP contribution is 2.37.